The first kappa shape index (κ1) is 13.6. The van der Waals surface area contributed by atoms with Gasteiger partial charge in [-0.05, 0) is 43.5 Å². The van der Waals surface area contributed by atoms with Crippen molar-refractivity contribution in [3.63, 3.8) is 0 Å². The van der Waals surface area contributed by atoms with Crippen molar-refractivity contribution in [3.05, 3.63) is 64.7 Å². The molecule has 0 saturated carbocycles. The molecule has 2 rings (SSSR count). The Hall–Kier alpha value is -1.79. The van der Waals surface area contributed by atoms with Gasteiger partial charge in [-0.15, -0.1) is 0 Å². The fourth-order valence-corrected chi connectivity index (χ4v) is 3.25. The maximum Gasteiger partial charge on any atom is 0.246 e. The highest BCUT2D eigenvalue weighted by atomic mass is 31.1. The summed E-state index contributed by atoms with van der Waals surface area (Å²) in [7, 11) is -2.05. The molecule has 0 heterocycles. The molecule has 0 spiro atoms. The van der Waals surface area contributed by atoms with Crippen LogP contribution in [0.25, 0.3) is 0 Å². The van der Waals surface area contributed by atoms with Crippen molar-refractivity contribution < 1.29 is 9.36 Å². The normalized spacial score (nSPS) is 11.2. The molecule has 0 fully saturated rings. The maximum atomic E-state index is 12.4. The highest BCUT2D eigenvalue weighted by molar-refractivity contribution is 7.71. The van der Waals surface area contributed by atoms with E-state index in [9.17, 15) is 9.36 Å². The SMILES string of the molecule is Cc1ccc([P](=O)C(=O)c2ccccc2)c(C)c1C. The topological polar surface area (TPSA) is 34.1 Å². The van der Waals surface area contributed by atoms with Gasteiger partial charge in [0.15, 0.2) is 7.80 Å². The Bertz CT molecular complexity index is 645. The molecule has 97 valence electrons. The van der Waals surface area contributed by atoms with Gasteiger partial charge in [-0.2, -0.15) is 0 Å². The van der Waals surface area contributed by atoms with Gasteiger partial charge in [0.1, 0.15) is 0 Å². The van der Waals surface area contributed by atoms with E-state index in [1.54, 1.807) is 30.3 Å². The quantitative estimate of drug-likeness (QED) is 0.793. The average molecular weight is 271 g/mol. The van der Waals surface area contributed by atoms with Gasteiger partial charge in [-0.3, -0.25) is 9.36 Å². The lowest BCUT2D eigenvalue weighted by Crippen LogP contribution is -2.10. The first-order valence-corrected chi connectivity index (χ1v) is 7.41. The van der Waals surface area contributed by atoms with E-state index in [1.165, 1.54) is 0 Å². The minimum absolute atomic E-state index is 0.304. The fourth-order valence-electron chi connectivity index (χ4n) is 1.97. The summed E-state index contributed by atoms with van der Waals surface area (Å²) < 4.78 is 12.4. The van der Waals surface area contributed by atoms with Gasteiger partial charge in [0.2, 0.25) is 5.52 Å². The predicted molar refractivity (Wildman–Crippen MR) is 78.7 cm³/mol. The van der Waals surface area contributed by atoms with Crippen LogP contribution in [0.1, 0.15) is 27.0 Å². The molecule has 2 nitrogen and oxygen atoms in total. The first-order valence-electron chi connectivity index (χ1n) is 6.16. The van der Waals surface area contributed by atoms with E-state index < -0.39 is 7.80 Å². The summed E-state index contributed by atoms with van der Waals surface area (Å²) in [5, 5.41) is 0.645. The van der Waals surface area contributed by atoms with Gasteiger partial charge in [0, 0.05) is 10.9 Å². The van der Waals surface area contributed by atoms with Crippen molar-refractivity contribution >= 4 is 18.6 Å². The lowest BCUT2D eigenvalue weighted by atomic mass is 10.1. The molecule has 0 aliphatic carbocycles. The molecule has 0 N–H and O–H groups in total. The molecule has 0 bridgehead atoms. The molecular formula is C16H16O2P. The molecule has 1 radical (unpaired) electrons. The van der Waals surface area contributed by atoms with Crippen LogP contribution >= 0.6 is 7.80 Å². The minimum atomic E-state index is -2.05. The van der Waals surface area contributed by atoms with Crippen LogP contribution in [0, 0.1) is 20.8 Å². The number of aryl methyl sites for hydroxylation is 1. The molecule has 0 aliphatic heterocycles. The minimum Gasteiger partial charge on any atom is -0.281 e. The summed E-state index contributed by atoms with van der Waals surface area (Å²) in [5.41, 5.74) is 3.40. The van der Waals surface area contributed by atoms with Crippen molar-refractivity contribution in [2.24, 2.45) is 0 Å². The lowest BCUT2D eigenvalue weighted by molar-refractivity contribution is 0.108. The van der Waals surface area contributed by atoms with E-state index in [0.717, 1.165) is 16.7 Å². The van der Waals surface area contributed by atoms with Crippen LogP contribution in [0.4, 0.5) is 0 Å². The number of hydrogen-bond acceptors (Lipinski definition) is 2. The Morgan fingerprint density at radius 2 is 1.53 bits per heavy atom. The molecule has 0 saturated heterocycles. The van der Waals surface area contributed by atoms with E-state index in [0.29, 0.717) is 10.9 Å². The maximum absolute atomic E-state index is 12.4. The number of rotatable bonds is 3. The summed E-state index contributed by atoms with van der Waals surface area (Å²) >= 11 is 0. The second kappa shape index (κ2) is 5.46. The van der Waals surface area contributed by atoms with Crippen LogP contribution in [0.15, 0.2) is 42.5 Å². The Morgan fingerprint density at radius 3 is 2.16 bits per heavy atom. The summed E-state index contributed by atoms with van der Waals surface area (Å²) in [5.74, 6) is 0. The molecule has 1 atom stereocenters. The zero-order chi connectivity index (χ0) is 14.0. The monoisotopic (exact) mass is 271 g/mol. The Labute approximate surface area is 114 Å². The third-order valence-corrected chi connectivity index (χ3v) is 5.00. The fraction of sp³-hybridized carbons (Fsp3) is 0.188. The van der Waals surface area contributed by atoms with Crippen molar-refractivity contribution in [3.8, 4) is 0 Å². The van der Waals surface area contributed by atoms with Crippen molar-refractivity contribution in [2.75, 3.05) is 0 Å². The lowest BCUT2D eigenvalue weighted by Gasteiger charge is -2.10. The largest absolute Gasteiger partial charge is 0.281 e. The van der Waals surface area contributed by atoms with Crippen LogP contribution < -0.4 is 5.30 Å². The van der Waals surface area contributed by atoms with Gasteiger partial charge in [0.25, 0.3) is 0 Å². The van der Waals surface area contributed by atoms with Gasteiger partial charge >= 0.3 is 0 Å². The number of benzene rings is 2. The molecule has 0 aliphatic rings. The molecule has 2 aromatic rings. The second-order valence-electron chi connectivity index (χ2n) is 4.62. The van der Waals surface area contributed by atoms with Gasteiger partial charge in [-0.1, -0.05) is 36.4 Å². The van der Waals surface area contributed by atoms with E-state index in [1.807, 2.05) is 32.9 Å². The summed E-state index contributed by atoms with van der Waals surface area (Å²) in [6.45, 7) is 5.92. The van der Waals surface area contributed by atoms with Gasteiger partial charge < -0.3 is 0 Å². The zero-order valence-corrected chi connectivity index (χ0v) is 12.2. The molecule has 1 unspecified atom stereocenters. The highest BCUT2D eigenvalue weighted by Crippen LogP contribution is 2.29. The van der Waals surface area contributed by atoms with E-state index in [4.69, 9.17) is 0 Å². The number of carbonyl (C=O) groups excluding carboxylic acids is 1. The first-order chi connectivity index (χ1) is 9.02. The van der Waals surface area contributed by atoms with Crippen LogP contribution in [-0.2, 0) is 4.57 Å². The third kappa shape index (κ3) is 2.64. The molecule has 0 amide bonds. The Kier molecular flexibility index (Phi) is 3.92. The van der Waals surface area contributed by atoms with Crippen molar-refractivity contribution in [1.82, 2.24) is 0 Å². The summed E-state index contributed by atoms with van der Waals surface area (Å²) in [6.07, 6.45) is 0. The highest BCUT2D eigenvalue weighted by Gasteiger charge is 2.19. The molecule has 19 heavy (non-hydrogen) atoms. The van der Waals surface area contributed by atoms with Crippen molar-refractivity contribution in [1.29, 1.82) is 0 Å². The van der Waals surface area contributed by atoms with E-state index >= 15 is 0 Å². The van der Waals surface area contributed by atoms with Crippen molar-refractivity contribution in [2.45, 2.75) is 20.8 Å². The predicted octanol–water partition coefficient (Wildman–Crippen LogP) is 3.90. The second-order valence-corrected chi connectivity index (χ2v) is 6.09. The van der Waals surface area contributed by atoms with Gasteiger partial charge in [0.05, 0.1) is 0 Å². The smallest absolute Gasteiger partial charge is 0.246 e. The summed E-state index contributed by atoms with van der Waals surface area (Å²) in [4.78, 5) is 12.2. The molecule has 2 aromatic carbocycles. The average Bonchev–Trinajstić information content (AvgIpc) is 2.44. The standard InChI is InChI=1S/C16H16O2P/c1-11-9-10-15(13(3)12(11)2)19(18)16(17)14-7-5-4-6-8-14/h4-10H,1-3H3. The Balaban J connectivity index is 2.41. The van der Waals surface area contributed by atoms with Gasteiger partial charge in [-0.25, -0.2) is 0 Å². The third-order valence-electron chi connectivity index (χ3n) is 3.45. The van der Waals surface area contributed by atoms with E-state index in [-0.39, 0.29) is 5.52 Å². The molecule has 0 aromatic heterocycles. The van der Waals surface area contributed by atoms with Crippen LogP contribution in [-0.4, -0.2) is 5.52 Å². The Morgan fingerprint density at radius 1 is 0.895 bits per heavy atom. The molecule has 3 heteroatoms. The van der Waals surface area contributed by atoms with Crippen LogP contribution in [0.5, 0.6) is 0 Å². The number of hydrogen-bond donors (Lipinski definition) is 0. The van der Waals surface area contributed by atoms with E-state index in [2.05, 4.69) is 0 Å². The number of carbonyl (C=O) groups is 1. The summed E-state index contributed by atoms with van der Waals surface area (Å²) in [6, 6.07) is 12.5. The zero-order valence-electron chi connectivity index (χ0n) is 11.3. The van der Waals surface area contributed by atoms with Crippen LogP contribution in [0.2, 0.25) is 0 Å². The molecular weight excluding hydrogens is 255 g/mol. The van der Waals surface area contributed by atoms with Crippen LogP contribution in [0.3, 0.4) is 0 Å².